The molecule has 1 heterocycles. The van der Waals surface area contributed by atoms with Gasteiger partial charge in [-0.3, -0.25) is 14.4 Å². The van der Waals surface area contributed by atoms with Crippen LogP contribution in [0.2, 0.25) is 0 Å². The maximum Gasteiger partial charge on any atom is 0.310 e. The summed E-state index contributed by atoms with van der Waals surface area (Å²) in [6, 6.07) is 6.52. The van der Waals surface area contributed by atoms with Crippen molar-refractivity contribution < 1.29 is 14.7 Å². The fourth-order valence-electron chi connectivity index (χ4n) is 2.63. The minimum Gasteiger partial charge on any atom is -0.481 e. The number of amides is 1. The van der Waals surface area contributed by atoms with Crippen LogP contribution < -0.4 is 10.9 Å². The maximum atomic E-state index is 12.6. The van der Waals surface area contributed by atoms with E-state index in [0.29, 0.717) is 35.3 Å². The molecule has 0 bridgehead atoms. The van der Waals surface area contributed by atoms with E-state index in [0.717, 1.165) is 0 Å². The van der Waals surface area contributed by atoms with E-state index in [1.165, 1.54) is 0 Å². The fraction of sp³-hybridized carbons (Fsp3) is 0.333. The number of carboxylic acid groups (broad SMARTS) is 1. The number of carboxylic acids is 1. The molecule has 2 rings (SSSR count). The van der Waals surface area contributed by atoms with Crippen LogP contribution in [0.1, 0.15) is 53.9 Å². The molecule has 1 unspecified atom stereocenters. The van der Waals surface area contributed by atoms with Crippen molar-refractivity contribution in [3.8, 4) is 0 Å². The standard InChI is InChI=1S/C18H21N3O4/c1-4-13-14(5-2)20-21-17(23)15(13)16(22)19-12-8-6-11(7-9-12)10(3)18(24)25/h6-10H,4-5H2,1-3H3,(H,19,22)(H,21,23)(H,24,25). The summed E-state index contributed by atoms with van der Waals surface area (Å²) in [5.41, 5.74) is 2.00. The van der Waals surface area contributed by atoms with Gasteiger partial charge in [0.15, 0.2) is 0 Å². The minimum absolute atomic E-state index is 0.0670. The fourth-order valence-corrected chi connectivity index (χ4v) is 2.63. The maximum absolute atomic E-state index is 12.6. The molecule has 132 valence electrons. The third-order valence-corrected chi connectivity index (χ3v) is 4.12. The Labute approximate surface area is 145 Å². The number of benzene rings is 1. The van der Waals surface area contributed by atoms with Crippen LogP contribution in [0.3, 0.4) is 0 Å². The molecule has 0 radical (unpaired) electrons. The van der Waals surface area contributed by atoms with Crippen molar-refractivity contribution in [2.75, 3.05) is 5.32 Å². The van der Waals surface area contributed by atoms with Crippen LogP contribution in [0, 0.1) is 0 Å². The van der Waals surface area contributed by atoms with E-state index in [4.69, 9.17) is 5.11 Å². The van der Waals surface area contributed by atoms with Gasteiger partial charge in [0.2, 0.25) is 0 Å². The van der Waals surface area contributed by atoms with Crippen LogP contribution in [-0.4, -0.2) is 27.2 Å². The van der Waals surface area contributed by atoms with E-state index in [9.17, 15) is 14.4 Å². The number of aromatic nitrogens is 2. The van der Waals surface area contributed by atoms with E-state index in [-0.39, 0.29) is 5.56 Å². The van der Waals surface area contributed by atoms with Crippen LogP contribution >= 0.6 is 0 Å². The average molecular weight is 343 g/mol. The van der Waals surface area contributed by atoms with Gasteiger partial charge in [-0.1, -0.05) is 26.0 Å². The number of nitrogens with one attached hydrogen (secondary N) is 2. The lowest BCUT2D eigenvalue weighted by molar-refractivity contribution is -0.138. The van der Waals surface area contributed by atoms with Gasteiger partial charge in [-0.05, 0) is 43.0 Å². The minimum atomic E-state index is -0.917. The Bertz CT molecular complexity index is 840. The number of nitrogens with zero attached hydrogens (tertiary/aromatic N) is 1. The molecule has 7 nitrogen and oxygen atoms in total. The van der Waals surface area contributed by atoms with Gasteiger partial charge in [0.1, 0.15) is 5.56 Å². The van der Waals surface area contributed by atoms with Crippen molar-refractivity contribution in [3.05, 3.63) is 57.0 Å². The average Bonchev–Trinajstić information content (AvgIpc) is 2.61. The Morgan fingerprint density at radius 1 is 1.20 bits per heavy atom. The Balaban J connectivity index is 2.29. The number of rotatable bonds is 6. The monoisotopic (exact) mass is 343 g/mol. The zero-order valence-electron chi connectivity index (χ0n) is 14.4. The summed E-state index contributed by atoms with van der Waals surface area (Å²) < 4.78 is 0. The summed E-state index contributed by atoms with van der Waals surface area (Å²) in [4.78, 5) is 35.6. The van der Waals surface area contributed by atoms with E-state index in [2.05, 4.69) is 15.5 Å². The molecule has 1 atom stereocenters. The summed E-state index contributed by atoms with van der Waals surface area (Å²) in [6.45, 7) is 5.37. The first-order valence-corrected chi connectivity index (χ1v) is 8.13. The Hall–Kier alpha value is -2.96. The highest BCUT2D eigenvalue weighted by molar-refractivity contribution is 6.05. The van der Waals surface area contributed by atoms with Gasteiger partial charge >= 0.3 is 5.97 Å². The molecule has 2 aromatic rings. The first-order valence-electron chi connectivity index (χ1n) is 8.13. The van der Waals surface area contributed by atoms with Crippen LogP contribution in [-0.2, 0) is 17.6 Å². The summed E-state index contributed by atoms with van der Waals surface area (Å²) in [6.07, 6.45) is 1.14. The largest absolute Gasteiger partial charge is 0.481 e. The predicted molar refractivity (Wildman–Crippen MR) is 94.1 cm³/mol. The lowest BCUT2D eigenvalue weighted by Gasteiger charge is -2.12. The van der Waals surface area contributed by atoms with Gasteiger partial charge in [-0.2, -0.15) is 5.10 Å². The number of aryl methyl sites for hydroxylation is 1. The van der Waals surface area contributed by atoms with Crippen molar-refractivity contribution in [1.82, 2.24) is 10.2 Å². The molecule has 0 aliphatic carbocycles. The molecule has 25 heavy (non-hydrogen) atoms. The van der Waals surface area contributed by atoms with E-state index in [1.54, 1.807) is 31.2 Å². The summed E-state index contributed by atoms with van der Waals surface area (Å²) in [5.74, 6) is -2.05. The number of carbonyl (C=O) groups excluding carboxylic acids is 1. The van der Waals surface area contributed by atoms with Crippen molar-refractivity contribution in [3.63, 3.8) is 0 Å². The first kappa shape index (κ1) is 18.4. The quantitative estimate of drug-likeness (QED) is 0.745. The van der Waals surface area contributed by atoms with Gasteiger partial charge in [0.05, 0.1) is 11.6 Å². The molecular weight excluding hydrogens is 322 g/mol. The van der Waals surface area contributed by atoms with Crippen molar-refractivity contribution in [2.24, 2.45) is 0 Å². The van der Waals surface area contributed by atoms with Gasteiger partial charge < -0.3 is 10.4 Å². The van der Waals surface area contributed by atoms with Crippen LogP contribution in [0.4, 0.5) is 5.69 Å². The molecule has 3 N–H and O–H groups in total. The number of carbonyl (C=O) groups is 2. The number of H-pyrrole nitrogens is 1. The predicted octanol–water partition coefficient (Wildman–Crippen LogP) is 2.34. The SMILES string of the molecule is CCc1n[nH]c(=O)c(C(=O)Nc2ccc(C(C)C(=O)O)cc2)c1CC. The molecule has 0 fully saturated rings. The molecule has 0 saturated carbocycles. The highest BCUT2D eigenvalue weighted by Gasteiger charge is 2.19. The lowest BCUT2D eigenvalue weighted by Crippen LogP contribution is -2.27. The third kappa shape index (κ3) is 3.93. The molecule has 0 aliphatic rings. The molecule has 1 amide bonds. The summed E-state index contributed by atoms with van der Waals surface area (Å²) in [5, 5.41) is 18.1. The number of hydrogen-bond acceptors (Lipinski definition) is 4. The van der Waals surface area contributed by atoms with Gasteiger partial charge in [-0.15, -0.1) is 0 Å². The van der Waals surface area contributed by atoms with Crippen LogP contribution in [0.5, 0.6) is 0 Å². The molecule has 0 saturated heterocycles. The molecule has 0 aliphatic heterocycles. The second-order valence-corrected chi connectivity index (χ2v) is 5.70. The van der Waals surface area contributed by atoms with E-state index < -0.39 is 23.4 Å². The zero-order valence-corrected chi connectivity index (χ0v) is 14.4. The number of anilines is 1. The van der Waals surface area contributed by atoms with Crippen molar-refractivity contribution in [1.29, 1.82) is 0 Å². The summed E-state index contributed by atoms with van der Waals surface area (Å²) in [7, 11) is 0. The number of aromatic amines is 1. The molecule has 1 aromatic carbocycles. The smallest absolute Gasteiger partial charge is 0.310 e. The van der Waals surface area contributed by atoms with Gasteiger partial charge in [0.25, 0.3) is 11.5 Å². The number of hydrogen-bond donors (Lipinski definition) is 3. The normalized spacial score (nSPS) is 11.8. The van der Waals surface area contributed by atoms with Crippen LogP contribution in [0.25, 0.3) is 0 Å². The van der Waals surface area contributed by atoms with Crippen molar-refractivity contribution in [2.45, 2.75) is 39.5 Å². The van der Waals surface area contributed by atoms with E-state index >= 15 is 0 Å². The number of aliphatic carboxylic acids is 1. The highest BCUT2D eigenvalue weighted by Crippen LogP contribution is 2.19. The Kier molecular flexibility index (Phi) is 5.69. The molecular formula is C18H21N3O4. The summed E-state index contributed by atoms with van der Waals surface area (Å²) >= 11 is 0. The third-order valence-electron chi connectivity index (χ3n) is 4.12. The van der Waals surface area contributed by atoms with Crippen molar-refractivity contribution >= 4 is 17.6 Å². The second kappa shape index (κ2) is 7.74. The highest BCUT2D eigenvalue weighted by atomic mass is 16.4. The van der Waals surface area contributed by atoms with Gasteiger partial charge in [-0.25, -0.2) is 5.10 Å². The molecule has 1 aromatic heterocycles. The van der Waals surface area contributed by atoms with E-state index in [1.807, 2.05) is 13.8 Å². The second-order valence-electron chi connectivity index (χ2n) is 5.70. The molecule has 7 heteroatoms. The topological polar surface area (TPSA) is 112 Å². The molecule has 0 spiro atoms. The van der Waals surface area contributed by atoms with Crippen LogP contribution in [0.15, 0.2) is 29.1 Å². The first-order chi connectivity index (χ1) is 11.9. The Morgan fingerprint density at radius 3 is 2.36 bits per heavy atom. The van der Waals surface area contributed by atoms with Gasteiger partial charge in [0, 0.05) is 5.69 Å². The lowest BCUT2D eigenvalue weighted by atomic mass is 10.0. The zero-order chi connectivity index (χ0) is 18.6. The Morgan fingerprint density at radius 2 is 1.84 bits per heavy atom.